The molecule has 2 aliphatic rings. The van der Waals surface area contributed by atoms with Gasteiger partial charge in [-0.05, 0) is 31.7 Å². The van der Waals surface area contributed by atoms with Gasteiger partial charge >= 0.3 is 0 Å². The van der Waals surface area contributed by atoms with E-state index >= 15 is 0 Å². The van der Waals surface area contributed by atoms with Gasteiger partial charge in [0.15, 0.2) is 0 Å². The number of aliphatic hydroxyl groups is 1. The Morgan fingerprint density at radius 1 is 1.17 bits per heavy atom. The van der Waals surface area contributed by atoms with Crippen molar-refractivity contribution in [1.82, 2.24) is 20.0 Å². The Kier molecular flexibility index (Phi) is 5.63. The summed E-state index contributed by atoms with van der Waals surface area (Å²) in [6.45, 7) is 3.55. The molecule has 1 aromatic rings. The van der Waals surface area contributed by atoms with Crippen molar-refractivity contribution in [2.75, 3.05) is 26.2 Å². The zero-order chi connectivity index (χ0) is 16.9. The van der Waals surface area contributed by atoms with Crippen molar-refractivity contribution in [1.29, 1.82) is 0 Å². The lowest BCUT2D eigenvalue weighted by atomic mass is 9.98. The number of aromatic nitrogens is 2. The van der Waals surface area contributed by atoms with Crippen molar-refractivity contribution >= 4 is 5.91 Å². The summed E-state index contributed by atoms with van der Waals surface area (Å²) in [5, 5.41) is 15.9. The van der Waals surface area contributed by atoms with Gasteiger partial charge in [-0.2, -0.15) is 5.10 Å². The first-order valence-corrected chi connectivity index (χ1v) is 8.86. The molecular weight excluding hydrogens is 308 g/mol. The van der Waals surface area contributed by atoms with Crippen molar-refractivity contribution in [2.45, 2.75) is 50.7 Å². The third kappa shape index (κ3) is 4.42. The van der Waals surface area contributed by atoms with E-state index in [9.17, 15) is 14.7 Å². The van der Waals surface area contributed by atoms with Gasteiger partial charge in [0, 0.05) is 51.1 Å². The molecule has 0 atom stereocenters. The zero-order valence-corrected chi connectivity index (χ0v) is 14.0. The molecule has 2 N–H and O–H groups in total. The van der Waals surface area contributed by atoms with E-state index in [4.69, 9.17) is 0 Å². The fourth-order valence-electron chi connectivity index (χ4n) is 3.64. The van der Waals surface area contributed by atoms with Crippen LogP contribution in [0.2, 0.25) is 0 Å². The standard InChI is InChI=1S/C17H26N4O3/c22-15-7-11-20(12-8-15)14-5-9-21(10-6-14)17(24)4-2-13-1-3-16(23)19-18-13/h1,3,14-15,22H,2,4-12H2,(H,19,23). The van der Waals surface area contributed by atoms with Crippen LogP contribution in [0.5, 0.6) is 0 Å². The van der Waals surface area contributed by atoms with Gasteiger partial charge in [-0.3, -0.25) is 9.59 Å². The largest absolute Gasteiger partial charge is 0.393 e. The van der Waals surface area contributed by atoms with Crippen LogP contribution in [-0.2, 0) is 11.2 Å². The highest BCUT2D eigenvalue weighted by Crippen LogP contribution is 2.21. The number of carbonyl (C=O) groups is 1. The van der Waals surface area contributed by atoms with Crippen molar-refractivity contribution in [3.63, 3.8) is 0 Å². The van der Waals surface area contributed by atoms with Crippen LogP contribution in [0.1, 0.15) is 37.8 Å². The second-order valence-electron chi connectivity index (χ2n) is 6.79. The molecular formula is C17H26N4O3. The molecule has 0 radical (unpaired) electrons. The van der Waals surface area contributed by atoms with Gasteiger partial charge in [0.05, 0.1) is 11.8 Å². The Morgan fingerprint density at radius 3 is 2.50 bits per heavy atom. The topological polar surface area (TPSA) is 89.5 Å². The highest BCUT2D eigenvalue weighted by molar-refractivity contribution is 5.76. The maximum atomic E-state index is 12.3. The normalized spacial score (nSPS) is 21.1. The molecule has 0 bridgehead atoms. The number of nitrogens with one attached hydrogen (secondary N) is 1. The first-order valence-electron chi connectivity index (χ1n) is 8.86. The van der Waals surface area contributed by atoms with Crippen LogP contribution in [-0.4, -0.2) is 69.3 Å². The lowest BCUT2D eigenvalue weighted by Gasteiger charge is -2.41. The first kappa shape index (κ1) is 17.1. The Hall–Kier alpha value is -1.73. The molecule has 2 saturated heterocycles. The number of nitrogens with zero attached hydrogens (tertiary/aromatic N) is 3. The minimum absolute atomic E-state index is 0.135. The number of amides is 1. The minimum atomic E-state index is -0.225. The summed E-state index contributed by atoms with van der Waals surface area (Å²) in [5.41, 5.74) is 0.516. The van der Waals surface area contributed by atoms with Crippen LogP contribution in [0.25, 0.3) is 0 Å². The van der Waals surface area contributed by atoms with E-state index in [1.807, 2.05) is 4.90 Å². The molecule has 1 amide bonds. The number of hydrogen-bond donors (Lipinski definition) is 2. The van der Waals surface area contributed by atoms with Gasteiger partial charge in [-0.25, -0.2) is 5.10 Å². The third-order valence-corrected chi connectivity index (χ3v) is 5.16. The van der Waals surface area contributed by atoms with Gasteiger partial charge in [-0.15, -0.1) is 0 Å². The monoisotopic (exact) mass is 334 g/mol. The molecule has 7 heteroatoms. The average Bonchev–Trinajstić information content (AvgIpc) is 2.62. The van der Waals surface area contributed by atoms with E-state index in [1.165, 1.54) is 6.07 Å². The molecule has 2 aliphatic heterocycles. The minimum Gasteiger partial charge on any atom is -0.393 e. The third-order valence-electron chi connectivity index (χ3n) is 5.16. The van der Waals surface area contributed by atoms with Crippen LogP contribution < -0.4 is 5.56 Å². The maximum absolute atomic E-state index is 12.3. The van der Waals surface area contributed by atoms with Crippen LogP contribution in [0.15, 0.2) is 16.9 Å². The average molecular weight is 334 g/mol. The van der Waals surface area contributed by atoms with Crippen molar-refractivity contribution in [2.24, 2.45) is 0 Å². The number of aliphatic hydroxyl groups excluding tert-OH is 1. The summed E-state index contributed by atoms with van der Waals surface area (Å²) >= 11 is 0. The van der Waals surface area contributed by atoms with Crippen LogP contribution in [0.3, 0.4) is 0 Å². The molecule has 0 spiro atoms. The quantitative estimate of drug-likeness (QED) is 0.818. The van der Waals surface area contributed by atoms with E-state index in [2.05, 4.69) is 15.1 Å². The number of piperidine rings is 2. The molecule has 24 heavy (non-hydrogen) atoms. The Morgan fingerprint density at radius 2 is 1.88 bits per heavy atom. The molecule has 0 aromatic carbocycles. The summed E-state index contributed by atoms with van der Waals surface area (Å²) in [6.07, 6.45) is 4.61. The molecule has 7 nitrogen and oxygen atoms in total. The van der Waals surface area contributed by atoms with Gasteiger partial charge in [-0.1, -0.05) is 0 Å². The number of carbonyl (C=O) groups excluding carboxylic acids is 1. The zero-order valence-electron chi connectivity index (χ0n) is 14.0. The molecule has 1 aromatic heterocycles. The lowest BCUT2D eigenvalue weighted by Crippen LogP contribution is -2.49. The second kappa shape index (κ2) is 7.90. The van der Waals surface area contributed by atoms with Gasteiger partial charge in [0.2, 0.25) is 5.91 Å². The van der Waals surface area contributed by atoms with E-state index in [0.717, 1.165) is 57.6 Å². The van der Waals surface area contributed by atoms with E-state index < -0.39 is 0 Å². The van der Waals surface area contributed by atoms with E-state index in [1.54, 1.807) is 6.07 Å². The lowest BCUT2D eigenvalue weighted by molar-refractivity contribution is -0.132. The Balaban J connectivity index is 1.41. The van der Waals surface area contributed by atoms with Gasteiger partial charge in [0.25, 0.3) is 5.56 Å². The molecule has 0 aliphatic carbocycles. The first-order chi connectivity index (χ1) is 11.6. The van der Waals surface area contributed by atoms with Crippen molar-refractivity contribution in [3.8, 4) is 0 Å². The fourth-order valence-corrected chi connectivity index (χ4v) is 3.64. The molecule has 2 fully saturated rings. The summed E-state index contributed by atoms with van der Waals surface area (Å²) in [7, 11) is 0. The molecule has 132 valence electrons. The molecule has 3 rings (SSSR count). The van der Waals surface area contributed by atoms with Crippen molar-refractivity contribution in [3.05, 3.63) is 28.2 Å². The summed E-state index contributed by atoms with van der Waals surface area (Å²) < 4.78 is 0. The number of likely N-dealkylation sites (tertiary alicyclic amines) is 2. The van der Waals surface area contributed by atoms with Crippen LogP contribution in [0.4, 0.5) is 0 Å². The number of H-pyrrole nitrogens is 1. The SMILES string of the molecule is O=C(CCc1ccc(=O)[nH]n1)N1CCC(N2CCC(O)CC2)CC1. The van der Waals surface area contributed by atoms with E-state index in [0.29, 0.717) is 18.9 Å². The van der Waals surface area contributed by atoms with E-state index in [-0.39, 0.29) is 17.6 Å². The number of rotatable bonds is 4. The van der Waals surface area contributed by atoms with Gasteiger partial charge < -0.3 is 14.9 Å². The molecule has 0 saturated carbocycles. The predicted octanol–water partition coefficient (Wildman–Crippen LogP) is 0.150. The highest BCUT2D eigenvalue weighted by Gasteiger charge is 2.28. The predicted molar refractivity (Wildman–Crippen MR) is 89.6 cm³/mol. The van der Waals surface area contributed by atoms with Crippen molar-refractivity contribution < 1.29 is 9.90 Å². The van der Waals surface area contributed by atoms with Crippen LogP contribution >= 0.6 is 0 Å². The second-order valence-corrected chi connectivity index (χ2v) is 6.79. The highest BCUT2D eigenvalue weighted by atomic mass is 16.3. The summed E-state index contributed by atoms with van der Waals surface area (Å²) in [6, 6.07) is 3.65. The smallest absolute Gasteiger partial charge is 0.264 e. The molecule has 0 unspecified atom stereocenters. The Labute approximate surface area is 141 Å². The molecule has 3 heterocycles. The summed E-state index contributed by atoms with van der Waals surface area (Å²) in [5.74, 6) is 0.163. The summed E-state index contributed by atoms with van der Waals surface area (Å²) in [4.78, 5) is 27.7. The number of hydrogen-bond acceptors (Lipinski definition) is 5. The Bertz CT molecular complexity index is 582. The number of aryl methyl sites for hydroxylation is 1. The number of aromatic amines is 1. The maximum Gasteiger partial charge on any atom is 0.264 e. The van der Waals surface area contributed by atoms with Gasteiger partial charge in [0.1, 0.15) is 0 Å². The fraction of sp³-hybridized carbons (Fsp3) is 0.706. The van der Waals surface area contributed by atoms with Crippen LogP contribution in [0, 0.1) is 0 Å².